The Morgan fingerprint density at radius 2 is 1.79 bits per heavy atom. The van der Waals surface area contributed by atoms with E-state index < -0.39 is 21.4 Å². The molecule has 2 heterocycles. The van der Waals surface area contributed by atoms with E-state index in [0.717, 1.165) is 31.1 Å². The fraction of sp³-hybridized carbons (Fsp3) is 0.364. The highest BCUT2D eigenvalue weighted by atomic mass is 32.2. The van der Waals surface area contributed by atoms with Crippen LogP contribution in [0.25, 0.3) is 5.57 Å². The van der Waals surface area contributed by atoms with Gasteiger partial charge in [-0.2, -0.15) is 0 Å². The number of benzene rings is 1. The van der Waals surface area contributed by atoms with Crippen molar-refractivity contribution in [2.45, 2.75) is 50.5 Å². The van der Waals surface area contributed by atoms with Crippen molar-refractivity contribution in [3.05, 3.63) is 59.5 Å². The Bertz CT molecular complexity index is 1040. The molecule has 0 N–H and O–H groups in total. The molecule has 0 fully saturated rings. The summed E-state index contributed by atoms with van der Waals surface area (Å²) in [5, 5.41) is 0. The number of carbonyl (C=O) groups excluding carboxylic acids is 1. The third-order valence-electron chi connectivity index (χ3n) is 4.76. The topological polar surface area (TPSA) is 82.6 Å². The first-order valence-electron chi connectivity index (χ1n) is 9.53. The van der Waals surface area contributed by atoms with Gasteiger partial charge in [0.15, 0.2) is 9.84 Å². The van der Waals surface area contributed by atoms with E-state index in [0.29, 0.717) is 17.0 Å². The lowest BCUT2D eigenvalue weighted by molar-refractivity contribution is -0.145. The molecule has 0 radical (unpaired) electrons. The van der Waals surface area contributed by atoms with E-state index in [4.69, 9.17) is 9.47 Å². The molecule has 1 aromatic carbocycles. The monoisotopic (exact) mass is 415 g/mol. The Labute approximate surface area is 171 Å². The molecule has 0 aliphatic carbocycles. The number of esters is 1. The number of unbranched alkanes of at least 4 members (excludes halogenated alkanes) is 1. The highest BCUT2D eigenvalue weighted by Crippen LogP contribution is 2.40. The number of sulfone groups is 1. The van der Waals surface area contributed by atoms with Gasteiger partial charge in [-0.25, -0.2) is 18.2 Å². The summed E-state index contributed by atoms with van der Waals surface area (Å²) in [5.41, 5.74) is 1.40. The first-order chi connectivity index (χ1) is 13.6. The molecule has 0 saturated carbocycles. The van der Waals surface area contributed by atoms with Gasteiger partial charge in [0, 0.05) is 18.5 Å². The van der Waals surface area contributed by atoms with Gasteiger partial charge in [-0.15, -0.1) is 0 Å². The van der Waals surface area contributed by atoms with Gasteiger partial charge in [0.2, 0.25) is 11.6 Å². The number of pyridine rings is 1. The van der Waals surface area contributed by atoms with Gasteiger partial charge in [0.05, 0.1) is 10.5 Å². The first kappa shape index (κ1) is 21.0. The van der Waals surface area contributed by atoms with Gasteiger partial charge in [-0.3, -0.25) is 0 Å². The molecule has 0 saturated heterocycles. The lowest BCUT2D eigenvalue weighted by atomic mass is 9.92. The van der Waals surface area contributed by atoms with Gasteiger partial charge in [0.1, 0.15) is 5.60 Å². The third kappa shape index (κ3) is 4.67. The molecule has 3 rings (SSSR count). The standard InChI is InChI=1S/C22H25NO5S/c1-5-6-7-15-8-13-18(23-14-15)27-20-19(22(2,3)28-21(20)24)16-9-11-17(12-10-16)29(4,25)26/h8-14H,5-7H2,1-4H3. The second-order valence-corrected chi connectivity index (χ2v) is 9.63. The number of hydrogen-bond acceptors (Lipinski definition) is 6. The summed E-state index contributed by atoms with van der Waals surface area (Å²) in [5.74, 6) is -0.204. The van der Waals surface area contributed by atoms with Crippen molar-refractivity contribution in [2.24, 2.45) is 0 Å². The number of aryl methyl sites for hydroxylation is 1. The van der Waals surface area contributed by atoms with Gasteiger partial charge in [-0.05, 0) is 49.9 Å². The summed E-state index contributed by atoms with van der Waals surface area (Å²) in [4.78, 5) is 17.0. The molecular formula is C22H25NO5S. The van der Waals surface area contributed by atoms with E-state index in [1.807, 2.05) is 6.07 Å². The maximum absolute atomic E-state index is 12.5. The SMILES string of the molecule is CCCCc1ccc(OC2=C(c3ccc(S(C)(=O)=O)cc3)C(C)(C)OC2=O)nc1. The number of hydrogen-bond donors (Lipinski definition) is 0. The second kappa shape index (κ2) is 7.99. The fourth-order valence-electron chi connectivity index (χ4n) is 3.25. The molecule has 7 heteroatoms. The summed E-state index contributed by atoms with van der Waals surface area (Å²) in [6.07, 6.45) is 6.03. The smallest absolute Gasteiger partial charge is 0.375 e. The van der Waals surface area contributed by atoms with Crippen LogP contribution in [0.4, 0.5) is 0 Å². The molecule has 29 heavy (non-hydrogen) atoms. The molecule has 2 aromatic rings. The summed E-state index contributed by atoms with van der Waals surface area (Å²) in [7, 11) is -3.31. The highest BCUT2D eigenvalue weighted by molar-refractivity contribution is 7.90. The van der Waals surface area contributed by atoms with Crippen LogP contribution in [0, 0.1) is 0 Å². The van der Waals surface area contributed by atoms with Crippen LogP contribution in [-0.4, -0.2) is 31.2 Å². The molecule has 154 valence electrons. The molecule has 1 aliphatic heterocycles. The number of carbonyl (C=O) groups is 1. The number of rotatable bonds is 7. The number of aromatic nitrogens is 1. The van der Waals surface area contributed by atoms with Crippen molar-refractivity contribution in [1.29, 1.82) is 0 Å². The largest absolute Gasteiger partial charge is 0.449 e. The van der Waals surface area contributed by atoms with E-state index in [2.05, 4.69) is 11.9 Å². The summed E-state index contributed by atoms with van der Waals surface area (Å²) in [6.45, 7) is 5.67. The van der Waals surface area contributed by atoms with Crippen molar-refractivity contribution in [2.75, 3.05) is 6.26 Å². The predicted octanol–water partition coefficient (Wildman–Crippen LogP) is 3.95. The van der Waals surface area contributed by atoms with Crippen LogP contribution in [0.5, 0.6) is 5.88 Å². The number of ether oxygens (including phenoxy) is 2. The summed E-state index contributed by atoms with van der Waals surface area (Å²) in [6, 6.07) is 10.00. The molecule has 0 atom stereocenters. The zero-order chi connectivity index (χ0) is 21.2. The average molecular weight is 416 g/mol. The summed E-state index contributed by atoms with van der Waals surface area (Å²) >= 11 is 0. The van der Waals surface area contributed by atoms with Crippen LogP contribution in [0.3, 0.4) is 0 Å². The van der Waals surface area contributed by atoms with Crippen LogP contribution in [-0.2, 0) is 25.8 Å². The maximum atomic E-state index is 12.5. The van der Waals surface area contributed by atoms with Crippen molar-refractivity contribution in [3.8, 4) is 5.88 Å². The average Bonchev–Trinajstić information content (AvgIpc) is 2.88. The van der Waals surface area contributed by atoms with E-state index in [9.17, 15) is 13.2 Å². The number of nitrogens with zero attached hydrogens (tertiary/aromatic N) is 1. The minimum absolute atomic E-state index is 0.0657. The molecular weight excluding hydrogens is 390 g/mol. The van der Waals surface area contributed by atoms with Crippen LogP contribution >= 0.6 is 0 Å². The Hall–Kier alpha value is -2.67. The van der Waals surface area contributed by atoms with Crippen LogP contribution in [0.1, 0.15) is 44.7 Å². The lowest BCUT2D eigenvalue weighted by Gasteiger charge is -2.21. The molecule has 0 unspecified atom stereocenters. The Balaban J connectivity index is 1.95. The van der Waals surface area contributed by atoms with Crippen molar-refractivity contribution in [3.63, 3.8) is 0 Å². The Morgan fingerprint density at radius 3 is 2.34 bits per heavy atom. The predicted molar refractivity (Wildman–Crippen MR) is 110 cm³/mol. The minimum Gasteiger partial charge on any atom is -0.449 e. The van der Waals surface area contributed by atoms with Crippen molar-refractivity contribution in [1.82, 2.24) is 4.98 Å². The zero-order valence-corrected chi connectivity index (χ0v) is 17.9. The third-order valence-corrected chi connectivity index (χ3v) is 5.89. The van der Waals surface area contributed by atoms with Gasteiger partial charge in [0.25, 0.3) is 0 Å². The second-order valence-electron chi connectivity index (χ2n) is 7.61. The quantitative estimate of drug-likeness (QED) is 0.637. The molecule has 0 spiro atoms. The van der Waals surface area contributed by atoms with Crippen molar-refractivity contribution >= 4 is 21.4 Å². The Kier molecular flexibility index (Phi) is 5.80. The van der Waals surface area contributed by atoms with Crippen LogP contribution in [0.15, 0.2) is 53.2 Å². The van der Waals surface area contributed by atoms with E-state index in [1.165, 1.54) is 12.1 Å². The molecule has 0 amide bonds. The van der Waals surface area contributed by atoms with Gasteiger partial charge < -0.3 is 9.47 Å². The molecule has 1 aromatic heterocycles. The van der Waals surface area contributed by atoms with Crippen LogP contribution in [0.2, 0.25) is 0 Å². The molecule has 6 nitrogen and oxygen atoms in total. The van der Waals surface area contributed by atoms with Crippen LogP contribution < -0.4 is 4.74 Å². The zero-order valence-electron chi connectivity index (χ0n) is 17.1. The molecule has 1 aliphatic rings. The normalized spacial score (nSPS) is 16.1. The fourth-order valence-corrected chi connectivity index (χ4v) is 3.88. The minimum atomic E-state index is -3.31. The first-order valence-corrected chi connectivity index (χ1v) is 11.4. The van der Waals surface area contributed by atoms with E-state index in [-0.39, 0.29) is 10.7 Å². The molecule has 0 bridgehead atoms. The van der Waals surface area contributed by atoms with Crippen molar-refractivity contribution < 1.29 is 22.7 Å². The summed E-state index contributed by atoms with van der Waals surface area (Å²) < 4.78 is 34.8. The van der Waals surface area contributed by atoms with Gasteiger partial charge in [-0.1, -0.05) is 31.5 Å². The maximum Gasteiger partial charge on any atom is 0.375 e. The lowest BCUT2D eigenvalue weighted by Crippen LogP contribution is -2.22. The Morgan fingerprint density at radius 1 is 1.10 bits per heavy atom. The van der Waals surface area contributed by atoms with Gasteiger partial charge >= 0.3 is 5.97 Å². The highest BCUT2D eigenvalue weighted by Gasteiger charge is 2.43. The van der Waals surface area contributed by atoms with E-state index in [1.54, 1.807) is 38.2 Å². The number of cyclic esters (lactones) is 1. The van der Waals surface area contributed by atoms with E-state index >= 15 is 0 Å².